The highest BCUT2D eigenvalue weighted by Crippen LogP contribution is 2.17. The maximum atomic E-state index is 11.7. The van der Waals surface area contributed by atoms with Crippen molar-refractivity contribution in [1.82, 2.24) is 25.0 Å². The van der Waals surface area contributed by atoms with Crippen LogP contribution in [0.15, 0.2) is 11.0 Å². The molecular formula is C11H15N5O. The van der Waals surface area contributed by atoms with Crippen molar-refractivity contribution in [3.05, 3.63) is 27.9 Å². The molecule has 2 aromatic rings. The molecule has 0 saturated carbocycles. The van der Waals surface area contributed by atoms with Gasteiger partial charge in [0.15, 0.2) is 0 Å². The topological polar surface area (TPSA) is 76.5 Å². The van der Waals surface area contributed by atoms with E-state index in [0.29, 0.717) is 17.1 Å². The van der Waals surface area contributed by atoms with Crippen molar-refractivity contribution in [3.63, 3.8) is 0 Å². The molecule has 0 aromatic carbocycles. The lowest BCUT2D eigenvalue weighted by atomic mass is 10.2. The molecule has 0 unspecified atom stereocenters. The minimum atomic E-state index is -0.114. The molecule has 17 heavy (non-hydrogen) atoms. The van der Waals surface area contributed by atoms with Crippen LogP contribution < -0.4 is 5.56 Å². The lowest BCUT2D eigenvalue weighted by molar-refractivity contribution is 0.583. The molecule has 0 atom stereocenters. The number of aromatic nitrogens is 5. The summed E-state index contributed by atoms with van der Waals surface area (Å²) in [7, 11) is 0. The Bertz CT molecular complexity index is 584. The molecule has 1 N–H and O–H groups in total. The zero-order chi connectivity index (χ0) is 12.4. The van der Waals surface area contributed by atoms with Crippen molar-refractivity contribution >= 4 is 0 Å². The second kappa shape index (κ2) is 4.48. The third-order valence-corrected chi connectivity index (χ3v) is 2.57. The Labute approximate surface area is 98.7 Å². The molecule has 0 radical (unpaired) electrons. The van der Waals surface area contributed by atoms with Crippen molar-refractivity contribution in [3.8, 4) is 11.4 Å². The highest BCUT2D eigenvalue weighted by atomic mass is 16.1. The maximum Gasteiger partial charge on any atom is 0.254 e. The summed E-state index contributed by atoms with van der Waals surface area (Å²) in [5.74, 6) is 0.597. The van der Waals surface area contributed by atoms with Crippen LogP contribution in [0, 0.1) is 13.8 Å². The number of hydrogen-bond acceptors (Lipinski definition) is 4. The lowest BCUT2D eigenvalue weighted by Gasteiger charge is -2.07. The highest BCUT2D eigenvalue weighted by molar-refractivity contribution is 5.57. The Morgan fingerprint density at radius 2 is 2.18 bits per heavy atom. The fourth-order valence-electron chi connectivity index (χ4n) is 1.71. The van der Waals surface area contributed by atoms with Gasteiger partial charge in [-0.1, -0.05) is 12.1 Å². The van der Waals surface area contributed by atoms with Crippen LogP contribution in [0.2, 0.25) is 0 Å². The normalized spacial score (nSPS) is 10.8. The van der Waals surface area contributed by atoms with Gasteiger partial charge in [0.05, 0.1) is 6.20 Å². The molecule has 2 rings (SSSR count). The standard InChI is InChI=1S/C11H15N5O/c1-4-5-16-9(6-12-15-16)10-7(2)11(17)14-8(3)13-10/h6H,4-5H2,1-3H3,(H,13,14,17). The number of aromatic amines is 1. The van der Waals surface area contributed by atoms with Crippen molar-refractivity contribution in [1.29, 1.82) is 0 Å². The zero-order valence-electron chi connectivity index (χ0n) is 10.2. The smallest absolute Gasteiger partial charge is 0.254 e. The second-order valence-corrected chi connectivity index (χ2v) is 3.97. The van der Waals surface area contributed by atoms with Crippen LogP contribution in [0.1, 0.15) is 24.7 Å². The average Bonchev–Trinajstić information content (AvgIpc) is 2.72. The average molecular weight is 233 g/mol. The molecule has 0 fully saturated rings. The van der Waals surface area contributed by atoms with E-state index < -0.39 is 0 Å². The molecule has 6 nitrogen and oxygen atoms in total. The lowest BCUT2D eigenvalue weighted by Crippen LogP contribution is -2.15. The molecule has 0 aliphatic heterocycles. The third kappa shape index (κ3) is 2.11. The maximum absolute atomic E-state index is 11.7. The van der Waals surface area contributed by atoms with Crippen LogP contribution in [-0.4, -0.2) is 25.0 Å². The van der Waals surface area contributed by atoms with Gasteiger partial charge in [-0.15, -0.1) is 5.10 Å². The molecular weight excluding hydrogens is 218 g/mol. The predicted octanol–water partition coefficient (Wildman–Crippen LogP) is 1.06. The minimum Gasteiger partial charge on any atom is -0.311 e. The van der Waals surface area contributed by atoms with Crippen molar-refractivity contribution in [2.45, 2.75) is 33.7 Å². The number of H-pyrrole nitrogens is 1. The molecule has 2 aromatic heterocycles. The Balaban J connectivity index is 2.60. The molecule has 0 aliphatic carbocycles. The summed E-state index contributed by atoms with van der Waals surface area (Å²) in [6.07, 6.45) is 2.60. The first-order chi connectivity index (χ1) is 8.13. The Hall–Kier alpha value is -1.98. The first-order valence-corrected chi connectivity index (χ1v) is 5.60. The van der Waals surface area contributed by atoms with E-state index in [9.17, 15) is 4.79 Å². The summed E-state index contributed by atoms with van der Waals surface area (Å²) in [5.41, 5.74) is 1.93. The van der Waals surface area contributed by atoms with E-state index in [0.717, 1.165) is 18.7 Å². The summed E-state index contributed by atoms with van der Waals surface area (Å²) in [5, 5.41) is 7.88. The number of hydrogen-bond donors (Lipinski definition) is 1. The second-order valence-electron chi connectivity index (χ2n) is 3.97. The van der Waals surface area contributed by atoms with Gasteiger partial charge < -0.3 is 4.98 Å². The number of nitrogens with one attached hydrogen (secondary N) is 1. The summed E-state index contributed by atoms with van der Waals surface area (Å²) in [6.45, 7) is 6.35. The molecule has 90 valence electrons. The Morgan fingerprint density at radius 1 is 1.41 bits per heavy atom. The van der Waals surface area contributed by atoms with Gasteiger partial charge in [-0.05, 0) is 20.3 Å². The fourth-order valence-corrected chi connectivity index (χ4v) is 1.71. The predicted molar refractivity (Wildman–Crippen MR) is 63.6 cm³/mol. The van der Waals surface area contributed by atoms with Crippen molar-refractivity contribution in [2.24, 2.45) is 0 Å². The van der Waals surface area contributed by atoms with Gasteiger partial charge in [0.1, 0.15) is 17.2 Å². The zero-order valence-corrected chi connectivity index (χ0v) is 10.2. The first kappa shape index (κ1) is 11.5. The van der Waals surface area contributed by atoms with E-state index in [1.807, 2.05) is 0 Å². The van der Waals surface area contributed by atoms with E-state index in [1.54, 1.807) is 24.7 Å². The molecule has 0 saturated heterocycles. The van der Waals surface area contributed by atoms with Gasteiger partial charge >= 0.3 is 0 Å². The molecule has 0 bridgehead atoms. The van der Waals surface area contributed by atoms with E-state index >= 15 is 0 Å². The van der Waals surface area contributed by atoms with Gasteiger partial charge in [-0.2, -0.15) is 0 Å². The molecule has 0 spiro atoms. The number of rotatable bonds is 3. The van der Waals surface area contributed by atoms with Crippen LogP contribution >= 0.6 is 0 Å². The first-order valence-electron chi connectivity index (χ1n) is 5.60. The highest BCUT2D eigenvalue weighted by Gasteiger charge is 2.13. The van der Waals surface area contributed by atoms with Crippen LogP contribution in [0.25, 0.3) is 11.4 Å². The van der Waals surface area contributed by atoms with E-state index in [4.69, 9.17) is 0 Å². The van der Waals surface area contributed by atoms with E-state index in [-0.39, 0.29) is 5.56 Å². The van der Waals surface area contributed by atoms with Gasteiger partial charge in [0.25, 0.3) is 5.56 Å². The Kier molecular flexibility index (Phi) is 3.03. The van der Waals surface area contributed by atoms with Crippen molar-refractivity contribution in [2.75, 3.05) is 0 Å². The fraction of sp³-hybridized carbons (Fsp3) is 0.455. The number of nitrogens with zero attached hydrogens (tertiary/aromatic N) is 4. The van der Waals surface area contributed by atoms with Crippen LogP contribution in [-0.2, 0) is 6.54 Å². The summed E-state index contributed by atoms with van der Waals surface area (Å²) in [6, 6.07) is 0. The third-order valence-electron chi connectivity index (χ3n) is 2.57. The van der Waals surface area contributed by atoms with Gasteiger partial charge in [0.2, 0.25) is 0 Å². The molecule has 2 heterocycles. The minimum absolute atomic E-state index is 0.114. The summed E-state index contributed by atoms with van der Waals surface area (Å²) < 4.78 is 1.77. The van der Waals surface area contributed by atoms with Crippen LogP contribution in [0.5, 0.6) is 0 Å². The Morgan fingerprint density at radius 3 is 2.88 bits per heavy atom. The van der Waals surface area contributed by atoms with Gasteiger partial charge in [0, 0.05) is 12.1 Å². The largest absolute Gasteiger partial charge is 0.311 e. The summed E-state index contributed by atoms with van der Waals surface area (Å²) in [4.78, 5) is 18.7. The molecule has 0 aliphatic rings. The number of aryl methyl sites for hydroxylation is 2. The SMILES string of the molecule is CCCn1nncc1-c1nc(C)[nH]c(=O)c1C. The monoisotopic (exact) mass is 233 g/mol. The molecule has 6 heteroatoms. The van der Waals surface area contributed by atoms with E-state index in [2.05, 4.69) is 27.2 Å². The van der Waals surface area contributed by atoms with Gasteiger partial charge in [-0.25, -0.2) is 9.67 Å². The van der Waals surface area contributed by atoms with Crippen molar-refractivity contribution < 1.29 is 0 Å². The van der Waals surface area contributed by atoms with Crippen LogP contribution in [0.3, 0.4) is 0 Å². The van der Waals surface area contributed by atoms with E-state index in [1.165, 1.54) is 0 Å². The van der Waals surface area contributed by atoms with Crippen LogP contribution in [0.4, 0.5) is 0 Å². The summed E-state index contributed by atoms with van der Waals surface area (Å²) >= 11 is 0. The quantitative estimate of drug-likeness (QED) is 0.859. The van der Waals surface area contributed by atoms with Gasteiger partial charge in [-0.3, -0.25) is 4.79 Å². The molecule has 0 amide bonds.